The molecule has 0 unspecified atom stereocenters. The highest BCUT2D eigenvalue weighted by atomic mass is 16.4. The summed E-state index contributed by atoms with van der Waals surface area (Å²) in [6.45, 7) is 3.44. The fraction of sp³-hybridized carbons (Fsp3) is 0.150. The number of fused-ring (bicyclic) bond motifs is 1. The van der Waals surface area contributed by atoms with Crippen LogP contribution in [0.5, 0.6) is 0 Å². The van der Waals surface area contributed by atoms with E-state index in [0.29, 0.717) is 16.5 Å². The summed E-state index contributed by atoms with van der Waals surface area (Å²) >= 11 is 0. The Bertz CT molecular complexity index is 1080. The number of carbonyl (C=O) groups excluding carboxylic acids is 1. The molecule has 0 aliphatic rings. The highest BCUT2D eigenvalue weighted by Crippen LogP contribution is 2.19. The van der Waals surface area contributed by atoms with Crippen molar-refractivity contribution in [2.75, 3.05) is 6.54 Å². The van der Waals surface area contributed by atoms with E-state index < -0.39 is 18.4 Å². The first-order chi connectivity index (χ1) is 12.4. The number of aliphatic carboxylic acids is 1. The normalized spacial score (nSPS) is 10.7. The molecule has 0 spiro atoms. The minimum Gasteiger partial charge on any atom is -0.480 e. The molecule has 1 amide bonds. The van der Waals surface area contributed by atoms with Crippen molar-refractivity contribution in [2.24, 2.45) is 0 Å². The van der Waals surface area contributed by atoms with Crippen LogP contribution >= 0.6 is 0 Å². The van der Waals surface area contributed by atoms with Crippen molar-refractivity contribution in [3.63, 3.8) is 0 Å². The average Bonchev–Trinajstić information content (AvgIpc) is 2.62. The molecule has 0 radical (unpaired) electrons. The molecule has 0 aliphatic carbocycles. The van der Waals surface area contributed by atoms with Gasteiger partial charge in [0.15, 0.2) is 0 Å². The minimum absolute atomic E-state index is 0.237. The average molecular weight is 350 g/mol. The Kier molecular flexibility index (Phi) is 4.58. The van der Waals surface area contributed by atoms with Gasteiger partial charge in [-0.3, -0.25) is 19.0 Å². The second-order valence-electron chi connectivity index (χ2n) is 6.11. The number of benzene rings is 2. The third kappa shape index (κ3) is 3.21. The second-order valence-corrected chi connectivity index (χ2v) is 6.11. The molecule has 2 aromatic carbocycles. The Morgan fingerprint density at radius 2 is 1.73 bits per heavy atom. The Labute approximate surface area is 149 Å². The van der Waals surface area contributed by atoms with Gasteiger partial charge in [0.2, 0.25) is 0 Å². The standard InChI is InChI=1S/C20H18N2O4/c1-12-7-8-14(9-13(12)2)22-11-17(19(25)21-10-18(23)24)15-5-3-4-6-16(15)20(22)26/h3-9,11H,10H2,1-2H3,(H,21,25)(H,23,24). The Morgan fingerprint density at radius 1 is 1.04 bits per heavy atom. The molecule has 2 N–H and O–H groups in total. The first-order valence-electron chi connectivity index (χ1n) is 8.10. The number of hydrogen-bond acceptors (Lipinski definition) is 3. The van der Waals surface area contributed by atoms with Gasteiger partial charge in [-0.15, -0.1) is 0 Å². The maximum atomic E-state index is 12.9. The van der Waals surface area contributed by atoms with Gasteiger partial charge >= 0.3 is 5.97 Å². The largest absolute Gasteiger partial charge is 0.480 e. The number of hydrogen-bond donors (Lipinski definition) is 2. The molecule has 0 saturated carbocycles. The highest BCUT2D eigenvalue weighted by molar-refractivity contribution is 6.07. The maximum Gasteiger partial charge on any atom is 0.322 e. The van der Waals surface area contributed by atoms with Gasteiger partial charge in [-0.25, -0.2) is 0 Å². The molecule has 0 atom stereocenters. The zero-order valence-corrected chi connectivity index (χ0v) is 14.4. The summed E-state index contributed by atoms with van der Waals surface area (Å²) in [5.74, 6) is -1.67. The van der Waals surface area contributed by atoms with E-state index in [2.05, 4.69) is 5.32 Å². The van der Waals surface area contributed by atoms with E-state index in [4.69, 9.17) is 5.11 Å². The van der Waals surface area contributed by atoms with E-state index >= 15 is 0 Å². The number of aryl methyl sites for hydroxylation is 2. The summed E-state index contributed by atoms with van der Waals surface area (Å²) in [6.07, 6.45) is 1.46. The van der Waals surface area contributed by atoms with Crippen LogP contribution in [0.1, 0.15) is 21.5 Å². The lowest BCUT2D eigenvalue weighted by molar-refractivity contribution is -0.135. The lowest BCUT2D eigenvalue weighted by Gasteiger charge is -2.13. The fourth-order valence-corrected chi connectivity index (χ4v) is 2.79. The summed E-state index contributed by atoms with van der Waals surface area (Å²) in [5.41, 5.74) is 2.79. The smallest absolute Gasteiger partial charge is 0.322 e. The van der Waals surface area contributed by atoms with Crippen LogP contribution in [0, 0.1) is 13.8 Å². The summed E-state index contributed by atoms with van der Waals surface area (Å²) in [7, 11) is 0. The van der Waals surface area contributed by atoms with Gasteiger partial charge in [0.1, 0.15) is 6.54 Å². The van der Waals surface area contributed by atoms with Crippen molar-refractivity contribution in [2.45, 2.75) is 13.8 Å². The zero-order valence-electron chi connectivity index (χ0n) is 14.4. The SMILES string of the molecule is Cc1ccc(-n2cc(C(=O)NCC(=O)O)c3ccccc3c2=O)cc1C. The van der Waals surface area contributed by atoms with Crippen molar-refractivity contribution >= 4 is 22.6 Å². The van der Waals surface area contributed by atoms with E-state index in [1.165, 1.54) is 10.8 Å². The molecule has 0 fully saturated rings. The van der Waals surface area contributed by atoms with E-state index in [1.54, 1.807) is 24.3 Å². The van der Waals surface area contributed by atoms with Crippen molar-refractivity contribution < 1.29 is 14.7 Å². The molecule has 0 bridgehead atoms. The molecular weight excluding hydrogens is 332 g/mol. The van der Waals surface area contributed by atoms with Gasteiger partial charge in [-0.05, 0) is 43.2 Å². The summed E-state index contributed by atoms with van der Waals surface area (Å²) < 4.78 is 1.42. The Balaban J connectivity index is 2.23. The van der Waals surface area contributed by atoms with Crippen molar-refractivity contribution in [1.29, 1.82) is 0 Å². The lowest BCUT2D eigenvalue weighted by Crippen LogP contribution is -2.31. The molecule has 26 heavy (non-hydrogen) atoms. The molecule has 6 nitrogen and oxygen atoms in total. The van der Waals surface area contributed by atoms with Gasteiger partial charge in [-0.2, -0.15) is 0 Å². The number of carboxylic acid groups (broad SMARTS) is 1. The molecule has 1 heterocycles. The topological polar surface area (TPSA) is 88.4 Å². The van der Waals surface area contributed by atoms with Crippen LogP contribution in [0.15, 0.2) is 53.5 Å². The maximum absolute atomic E-state index is 12.9. The number of nitrogens with zero attached hydrogens (tertiary/aromatic N) is 1. The molecule has 0 saturated heterocycles. The highest BCUT2D eigenvalue weighted by Gasteiger charge is 2.16. The molecule has 3 aromatic rings. The number of amides is 1. The van der Waals surface area contributed by atoms with E-state index in [1.807, 2.05) is 32.0 Å². The third-order valence-electron chi connectivity index (χ3n) is 4.34. The van der Waals surface area contributed by atoms with Gasteiger partial charge in [0.25, 0.3) is 11.5 Å². The van der Waals surface area contributed by atoms with E-state index in [-0.39, 0.29) is 11.1 Å². The van der Waals surface area contributed by atoms with Gasteiger partial charge in [0.05, 0.1) is 5.56 Å². The lowest BCUT2D eigenvalue weighted by atomic mass is 10.1. The molecule has 1 aromatic heterocycles. The third-order valence-corrected chi connectivity index (χ3v) is 4.34. The zero-order chi connectivity index (χ0) is 18.8. The molecule has 3 rings (SSSR count). The number of carbonyl (C=O) groups is 2. The molecule has 6 heteroatoms. The number of pyridine rings is 1. The summed E-state index contributed by atoms with van der Waals surface area (Å²) in [4.78, 5) is 36.1. The summed E-state index contributed by atoms with van der Waals surface area (Å²) in [5, 5.41) is 12.0. The Hall–Kier alpha value is -3.41. The first-order valence-corrected chi connectivity index (χ1v) is 8.10. The van der Waals surface area contributed by atoms with Crippen LogP contribution in [0.2, 0.25) is 0 Å². The monoisotopic (exact) mass is 350 g/mol. The summed E-state index contributed by atoms with van der Waals surface area (Å²) in [6, 6.07) is 12.4. The quantitative estimate of drug-likeness (QED) is 0.756. The Morgan fingerprint density at radius 3 is 2.38 bits per heavy atom. The first kappa shape index (κ1) is 17.4. The predicted octanol–water partition coefficient (Wildman–Crippen LogP) is 2.42. The van der Waals surface area contributed by atoms with Gasteiger partial charge < -0.3 is 10.4 Å². The fourth-order valence-electron chi connectivity index (χ4n) is 2.79. The predicted molar refractivity (Wildman–Crippen MR) is 99.0 cm³/mol. The minimum atomic E-state index is -1.13. The number of nitrogens with one attached hydrogen (secondary N) is 1. The molecular formula is C20H18N2O4. The van der Waals surface area contributed by atoms with Crippen LogP contribution in [0.4, 0.5) is 0 Å². The molecule has 0 aliphatic heterocycles. The van der Waals surface area contributed by atoms with Crippen LogP contribution < -0.4 is 10.9 Å². The van der Waals surface area contributed by atoms with Crippen LogP contribution in [0.25, 0.3) is 16.5 Å². The van der Waals surface area contributed by atoms with Crippen molar-refractivity contribution in [3.05, 3.63) is 75.7 Å². The van der Waals surface area contributed by atoms with Crippen LogP contribution in [0.3, 0.4) is 0 Å². The van der Waals surface area contributed by atoms with Crippen molar-refractivity contribution in [1.82, 2.24) is 9.88 Å². The second kappa shape index (κ2) is 6.84. The molecule has 132 valence electrons. The number of rotatable bonds is 4. The van der Waals surface area contributed by atoms with E-state index in [0.717, 1.165) is 11.1 Å². The van der Waals surface area contributed by atoms with Crippen LogP contribution in [-0.2, 0) is 4.79 Å². The number of aromatic nitrogens is 1. The van der Waals surface area contributed by atoms with Crippen molar-refractivity contribution in [3.8, 4) is 5.69 Å². The van der Waals surface area contributed by atoms with Gasteiger partial charge in [0, 0.05) is 22.7 Å². The van der Waals surface area contributed by atoms with Crippen LogP contribution in [-0.4, -0.2) is 28.1 Å². The van der Waals surface area contributed by atoms with E-state index in [9.17, 15) is 14.4 Å². The van der Waals surface area contributed by atoms with Gasteiger partial charge in [-0.1, -0.05) is 24.3 Å². The number of carboxylic acids is 1.